The predicted molar refractivity (Wildman–Crippen MR) is 85.7 cm³/mol. The van der Waals surface area contributed by atoms with Gasteiger partial charge >= 0.3 is 0 Å². The van der Waals surface area contributed by atoms with E-state index in [0.29, 0.717) is 5.92 Å². The van der Waals surface area contributed by atoms with Crippen LogP contribution in [0.4, 0.5) is 5.69 Å². The third kappa shape index (κ3) is 4.35. The molecule has 0 aromatic heterocycles. The molecule has 1 atom stereocenters. The molecule has 0 bridgehead atoms. The van der Waals surface area contributed by atoms with Crippen LogP contribution in [0.25, 0.3) is 0 Å². The number of amides is 1. The highest BCUT2D eigenvalue weighted by Gasteiger charge is 2.11. The third-order valence-corrected chi connectivity index (χ3v) is 3.48. The van der Waals surface area contributed by atoms with Crippen LogP contribution in [0.2, 0.25) is 0 Å². The lowest BCUT2D eigenvalue weighted by Gasteiger charge is -2.15. The summed E-state index contributed by atoms with van der Waals surface area (Å²) < 4.78 is 5.68. The van der Waals surface area contributed by atoms with Crippen molar-refractivity contribution in [2.75, 3.05) is 11.9 Å². The number of nitrogens with one attached hydrogen (secondary N) is 1. The van der Waals surface area contributed by atoms with Gasteiger partial charge in [-0.3, -0.25) is 4.79 Å². The molecule has 0 unspecified atom stereocenters. The first-order valence-corrected chi connectivity index (χ1v) is 7.27. The van der Waals surface area contributed by atoms with E-state index in [1.54, 1.807) is 0 Å². The van der Waals surface area contributed by atoms with Gasteiger partial charge in [0.25, 0.3) is 5.91 Å². The fraction of sp³-hybridized carbons (Fsp3) is 0.278. The minimum Gasteiger partial charge on any atom is -0.483 e. The normalized spacial score (nSPS) is 11.7. The largest absolute Gasteiger partial charge is 0.483 e. The zero-order valence-electron chi connectivity index (χ0n) is 12.5. The maximum absolute atomic E-state index is 11.9. The second-order valence-electron chi connectivity index (χ2n) is 5.05. The van der Waals surface area contributed by atoms with Crippen molar-refractivity contribution < 1.29 is 9.53 Å². The van der Waals surface area contributed by atoms with E-state index in [4.69, 9.17) is 4.74 Å². The Morgan fingerprint density at radius 2 is 1.76 bits per heavy atom. The zero-order valence-corrected chi connectivity index (χ0v) is 12.5. The lowest BCUT2D eigenvalue weighted by Crippen LogP contribution is -2.20. The quantitative estimate of drug-likeness (QED) is 0.862. The number of hydrogen-bond donors (Lipinski definition) is 1. The van der Waals surface area contributed by atoms with Crippen LogP contribution in [0.1, 0.15) is 31.7 Å². The molecule has 0 saturated heterocycles. The molecule has 2 aromatic carbocycles. The van der Waals surface area contributed by atoms with Gasteiger partial charge in [-0.25, -0.2) is 0 Å². The molecule has 0 heterocycles. The highest BCUT2D eigenvalue weighted by molar-refractivity contribution is 5.91. The fourth-order valence-electron chi connectivity index (χ4n) is 2.10. The van der Waals surface area contributed by atoms with E-state index in [9.17, 15) is 4.79 Å². The number of para-hydroxylation sites is 2. The summed E-state index contributed by atoms with van der Waals surface area (Å²) in [5.74, 6) is 1.05. The Hall–Kier alpha value is -2.29. The molecule has 2 rings (SSSR count). The third-order valence-electron chi connectivity index (χ3n) is 3.48. The average molecular weight is 283 g/mol. The van der Waals surface area contributed by atoms with Crippen LogP contribution >= 0.6 is 0 Å². The summed E-state index contributed by atoms with van der Waals surface area (Å²) in [6, 6.07) is 17.3. The molecule has 0 fully saturated rings. The molecule has 0 aliphatic rings. The van der Waals surface area contributed by atoms with Gasteiger partial charge in [0.05, 0.1) is 0 Å². The Labute approximate surface area is 126 Å². The first-order chi connectivity index (χ1) is 10.2. The second-order valence-corrected chi connectivity index (χ2v) is 5.05. The van der Waals surface area contributed by atoms with Gasteiger partial charge in [0.1, 0.15) is 5.75 Å². The molecule has 0 saturated carbocycles. The van der Waals surface area contributed by atoms with Crippen LogP contribution < -0.4 is 10.1 Å². The van der Waals surface area contributed by atoms with Gasteiger partial charge in [-0.15, -0.1) is 0 Å². The van der Waals surface area contributed by atoms with E-state index in [0.717, 1.165) is 23.4 Å². The molecule has 1 N–H and O–H groups in total. The van der Waals surface area contributed by atoms with Crippen molar-refractivity contribution in [2.45, 2.75) is 26.2 Å². The second kappa shape index (κ2) is 7.48. The Bertz CT molecular complexity index is 581. The molecule has 1 amide bonds. The summed E-state index contributed by atoms with van der Waals surface area (Å²) in [4.78, 5) is 11.9. The van der Waals surface area contributed by atoms with Crippen molar-refractivity contribution >= 4 is 11.6 Å². The van der Waals surface area contributed by atoms with Gasteiger partial charge in [-0.1, -0.05) is 50.2 Å². The van der Waals surface area contributed by atoms with Gasteiger partial charge in [0.2, 0.25) is 0 Å². The van der Waals surface area contributed by atoms with E-state index < -0.39 is 0 Å². The smallest absolute Gasteiger partial charge is 0.262 e. The molecule has 0 radical (unpaired) electrons. The molecule has 0 aliphatic carbocycles. The summed E-state index contributed by atoms with van der Waals surface area (Å²) in [6.45, 7) is 4.32. The molecule has 2 aromatic rings. The number of benzene rings is 2. The molecule has 21 heavy (non-hydrogen) atoms. The van der Waals surface area contributed by atoms with E-state index in [2.05, 4.69) is 25.2 Å². The highest BCUT2D eigenvalue weighted by Crippen LogP contribution is 2.28. The Morgan fingerprint density at radius 3 is 2.48 bits per heavy atom. The maximum atomic E-state index is 11.9. The van der Waals surface area contributed by atoms with E-state index >= 15 is 0 Å². The highest BCUT2D eigenvalue weighted by atomic mass is 16.5. The van der Waals surface area contributed by atoms with Crippen molar-refractivity contribution in [1.29, 1.82) is 0 Å². The number of ether oxygens (including phenoxy) is 1. The topological polar surface area (TPSA) is 38.3 Å². The van der Waals surface area contributed by atoms with E-state index in [-0.39, 0.29) is 12.5 Å². The summed E-state index contributed by atoms with van der Waals surface area (Å²) in [6.07, 6.45) is 1.04. The number of anilines is 1. The van der Waals surface area contributed by atoms with Gasteiger partial charge in [0, 0.05) is 5.69 Å². The minimum atomic E-state index is -0.153. The molecule has 3 nitrogen and oxygen atoms in total. The van der Waals surface area contributed by atoms with Crippen LogP contribution in [0, 0.1) is 0 Å². The van der Waals surface area contributed by atoms with Crippen molar-refractivity contribution in [1.82, 2.24) is 0 Å². The Morgan fingerprint density at radius 1 is 1.10 bits per heavy atom. The van der Waals surface area contributed by atoms with Crippen molar-refractivity contribution in [3.8, 4) is 5.75 Å². The van der Waals surface area contributed by atoms with Crippen LogP contribution in [0.5, 0.6) is 5.75 Å². The zero-order chi connectivity index (χ0) is 15.1. The lowest BCUT2D eigenvalue weighted by atomic mass is 9.98. The van der Waals surface area contributed by atoms with Crippen LogP contribution in [0.15, 0.2) is 54.6 Å². The Balaban J connectivity index is 1.95. The first-order valence-electron chi connectivity index (χ1n) is 7.27. The standard InChI is InChI=1S/C18H21NO2/c1-3-14(2)16-11-7-8-12-17(16)21-13-18(20)19-15-9-5-4-6-10-15/h4-12,14H,3,13H2,1-2H3,(H,19,20)/t14-/m0/s1. The van der Waals surface area contributed by atoms with Crippen molar-refractivity contribution in [3.63, 3.8) is 0 Å². The van der Waals surface area contributed by atoms with Gasteiger partial charge < -0.3 is 10.1 Å². The maximum Gasteiger partial charge on any atom is 0.262 e. The average Bonchev–Trinajstić information content (AvgIpc) is 2.53. The number of rotatable bonds is 6. The minimum absolute atomic E-state index is 0.0162. The summed E-state index contributed by atoms with van der Waals surface area (Å²) >= 11 is 0. The Kier molecular flexibility index (Phi) is 5.38. The van der Waals surface area contributed by atoms with Gasteiger partial charge in [-0.2, -0.15) is 0 Å². The van der Waals surface area contributed by atoms with Crippen molar-refractivity contribution in [2.24, 2.45) is 0 Å². The number of carbonyl (C=O) groups excluding carboxylic acids is 1. The van der Waals surface area contributed by atoms with Crippen LogP contribution in [-0.2, 0) is 4.79 Å². The van der Waals surface area contributed by atoms with Gasteiger partial charge in [-0.05, 0) is 36.1 Å². The molecule has 0 spiro atoms. The molecule has 3 heteroatoms. The SMILES string of the molecule is CC[C@H](C)c1ccccc1OCC(=O)Nc1ccccc1. The van der Waals surface area contributed by atoms with Crippen molar-refractivity contribution in [3.05, 3.63) is 60.2 Å². The summed E-state index contributed by atoms with van der Waals surface area (Å²) in [5.41, 5.74) is 1.92. The number of hydrogen-bond acceptors (Lipinski definition) is 2. The van der Waals surface area contributed by atoms with Crippen LogP contribution in [-0.4, -0.2) is 12.5 Å². The molecular formula is C18H21NO2. The van der Waals surface area contributed by atoms with Crippen LogP contribution in [0.3, 0.4) is 0 Å². The fourth-order valence-corrected chi connectivity index (χ4v) is 2.10. The number of carbonyl (C=O) groups is 1. The monoisotopic (exact) mass is 283 g/mol. The molecule has 110 valence electrons. The molecular weight excluding hydrogens is 262 g/mol. The predicted octanol–water partition coefficient (Wildman–Crippen LogP) is 4.22. The van der Waals surface area contributed by atoms with Gasteiger partial charge in [0.15, 0.2) is 6.61 Å². The lowest BCUT2D eigenvalue weighted by molar-refractivity contribution is -0.118. The first kappa shape index (κ1) is 15.1. The summed E-state index contributed by atoms with van der Waals surface area (Å²) in [7, 11) is 0. The van der Waals surface area contributed by atoms with E-state index in [1.807, 2.05) is 48.5 Å². The molecule has 0 aliphatic heterocycles. The van der Waals surface area contributed by atoms with E-state index in [1.165, 1.54) is 0 Å². The summed E-state index contributed by atoms with van der Waals surface area (Å²) in [5, 5.41) is 2.81.